The highest BCUT2D eigenvalue weighted by Gasteiger charge is 2.21. The van der Waals surface area contributed by atoms with Gasteiger partial charge in [0.15, 0.2) is 0 Å². The number of rotatable bonds is 3. The summed E-state index contributed by atoms with van der Waals surface area (Å²) in [5.74, 6) is 0.725. The molecule has 0 bridgehead atoms. The fourth-order valence-electron chi connectivity index (χ4n) is 1.65. The van der Waals surface area contributed by atoms with Crippen molar-refractivity contribution >= 4 is 21.9 Å². The second-order valence-electron chi connectivity index (χ2n) is 4.19. The molecule has 86 valence electrons. The molecule has 1 N–H and O–H groups in total. The lowest BCUT2D eigenvalue weighted by molar-refractivity contribution is 1.05. The number of halogens is 1. The predicted molar refractivity (Wildman–Crippen MR) is 71.8 cm³/mol. The maximum absolute atomic E-state index is 4.33. The van der Waals surface area contributed by atoms with Crippen LogP contribution in [-0.4, -0.2) is 16.0 Å². The molecule has 2 aromatic rings. The van der Waals surface area contributed by atoms with Gasteiger partial charge >= 0.3 is 0 Å². The highest BCUT2D eigenvalue weighted by Crippen LogP contribution is 2.27. The average molecular weight is 290 g/mol. The molecule has 17 heavy (non-hydrogen) atoms. The Hall–Kier alpha value is -1.42. The normalized spacial score (nSPS) is 14.6. The zero-order valence-corrected chi connectivity index (χ0v) is 10.8. The summed E-state index contributed by atoms with van der Waals surface area (Å²) in [6, 6.07) is 8.67. The van der Waals surface area contributed by atoms with Crippen LogP contribution in [0.2, 0.25) is 0 Å². The minimum absolute atomic E-state index is 0.587. The molecule has 0 saturated heterocycles. The minimum atomic E-state index is 0.587. The van der Waals surface area contributed by atoms with E-state index in [4.69, 9.17) is 0 Å². The van der Waals surface area contributed by atoms with Gasteiger partial charge in [0, 0.05) is 28.5 Å². The van der Waals surface area contributed by atoms with Crippen LogP contribution in [0.15, 0.2) is 41.1 Å². The molecule has 1 saturated carbocycles. The van der Waals surface area contributed by atoms with Crippen molar-refractivity contribution in [3.8, 4) is 11.1 Å². The molecular weight excluding hydrogens is 278 g/mol. The lowest BCUT2D eigenvalue weighted by Gasteiger charge is -2.05. The van der Waals surface area contributed by atoms with Crippen molar-refractivity contribution in [3.05, 3.63) is 41.1 Å². The lowest BCUT2D eigenvalue weighted by Crippen LogP contribution is -2.04. The molecule has 1 fully saturated rings. The fraction of sp³-hybridized carbons (Fsp3) is 0.231. The fourth-order valence-corrected chi connectivity index (χ4v) is 2.16. The van der Waals surface area contributed by atoms with E-state index in [0.29, 0.717) is 6.04 Å². The SMILES string of the molecule is Brc1ccccc1-c1cnc(NC2CC2)nc1. The zero-order chi connectivity index (χ0) is 11.7. The van der Waals surface area contributed by atoms with Gasteiger partial charge in [-0.2, -0.15) is 0 Å². The van der Waals surface area contributed by atoms with Gasteiger partial charge < -0.3 is 5.32 Å². The van der Waals surface area contributed by atoms with Crippen molar-refractivity contribution in [1.82, 2.24) is 9.97 Å². The second-order valence-corrected chi connectivity index (χ2v) is 5.05. The summed E-state index contributed by atoms with van der Waals surface area (Å²) >= 11 is 3.53. The van der Waals surface area contributed by atoms with Gasteiger partial charge in [0.25, 0.3) is 0 Å². The molecule has 3 rings (SSSR count). The smallest absolute Gasteiger partial charge is 0.222 e. The van der Waals surface area contributed by atoms with Gasteiger partial charge in [0.05, 0.1) is 0 Å². The van der Waals surface area contributed by atoms with Crippen LogP contribution in [0, 0.1) is 0 Å². The first-order chi connectivity index (χ1) is 8.33. The Morgan fingerprint density at radius 3 is 2.47 bits per heavy atom. The maximum atomic E-state index is 4.33. The van der Waals surface area contributed by atoms with E-state index in [2.05, 4.69) is 37.3 Å². The van der Waals surface area contributed by atoms with E-state index in [1.54, 1.807) is 0 Å². The first-order valence-electron chi connectivity index (χ1n) is 5.66. The Kier molecular flexibility index (Phi) is 2.81. The summed E-state index contributed by atoms with van der Waals surface area (Å²) in [6.07, 6.45) is 6.18. The maximum Gasteiger partial charge on any atom is 0.222 e. The topological polar surface area (TPSA) is 37.8 Å². The Morgan fingerprint density at radius 1 is 1.12 bits per heavy atom. The zero-order valence-electron chi connectivity index (χ0n) is 9.23. The molecule has 3 nitrogen and oxygen atoms in total. The van der Waals surface area contributed by atoms with Crippen LogP contribution < -0.4 is 5.32 Å². The largest absolute Gasteiger partial charge is 0.351 e. The molecule has 0 unspecified atom stereocenters. The van der Waals surface area contributed by atoms with Gasteiger partial charge in [-0.05, 0) is 24.5 Å². The Balaban J connectivity index is 1.86. The number of anilines is 1. The van der Waals surface area contributed by atoms with Gasteiger partial charge in [-0.15, -0.1) is 0 Å². The van der Waals surface area contributed by atoms with Crippen molar-refractivity contribution in [1.29, 1.82) is 0 Å². The average Bonchev–Trinajstić information content (AvgIpc) is 3.15. The van der Waals surface area contributed by atoms with E-state index in [9.17, 15) is 0 Å². The standard InChI is InChI=1S/C13H12BrN3/c14-12-4-2-1-3-11(12)9-7-15-13(16-8-9)17-10-5-6-10/h1-4,7-8,10H,5-6H2,(H,15,16,17). The number of hydrogen-bond donors (Lipinski definition) is 1. The van der Waals surface area contributed by atoms with Crippen LogP contribution in [0.25, 0.3) is 11.1 Å². The van der Waals surface area contributed by atoms with E-state index < -0.39 is 0 Å². The quantitative estimate of drug-likeness (QED) is 0.940. The monoisotopic (exact) mass is 289 g/mol. The van der Waals surface area contributed by atoms with E-state index >= 15 is 0 Å². The number of benzene rings is 1. The number of aromatic nitrogens is 2. The second kappa shape index (κ2) is 4.45. The molecular formula is C13H12BrN3. The summed E-state index contributed by atoms with van der Waals surface area (Å²) in [4.78, 5) is 8.67. The minimum Gasteiger partial charge on any atom is -0.351 e. The summed E-state index contributed by atoms with van der Waals surface area (Å²) in [5.41, 5.74) is 2.14. The van der Waals surface area contributed by atoms with E-state index in [-0.39, 0.29) is 0 Å². The van der Waals surface area contributed by atoms with Gasteiger partial charge in [-0.25, -0.2) is 9.97 Å². The van der Waals surface area contributed by atoms with E-state index in [1.165, 1.54) is 12.8 Å². The summed E-state index contributed by atoms with van der Waals surface area (Å²) in [5, 5.41) is 3.28. The molecule has 1 aliphatic rings. The third-order valence-electron chi connectivity index (χ3n) is 2.75. The molecule has 1 aliphatic carbocycles. The number of nitrogens with one attached hydrogen (secondary N) is 1. The Morgan fingerprint density at radius 2 is 1.82 bits per heavy atom. The molecule has 0 spiro atoms. The van der Waals surface area contributed by atoms with Crippen molar-refractivity contribution in [2.45, 2.75) is 18.9 Å². The highest BCUT2D eigenvalue weighted by molar-refractivity contribution is 9.10. The van der Waals surface area contributed by atoms with Crippen molar-refractivity contribution in [2.24, 2.45) is 0 Å². The molecule has 4 heteroatoms. The molecule has 0 aliphatic heterocycles. The number of nitrogens with zero attached hydrogens (tertiary/aromatic N) is 2. The van der Waals surface area contributed by atoms with E-state index in [0.717, 1.165) is 21.5 Å². The van der Waals surface area contributed by atoms with Gasteiger partial charge in [0.1, 0.15) is 0 Å². The third-order valence-corrected chi connectivity index (χ3v) is 3.44. The molecule has 0 amide bonds. The summed E-state index contributed by atoms with van der Waals surface area (Å²) in [7, 11) is 0. The summed E-state index contributed by atoms with van der Waals surface area (Å²) < 4.78 is 1.06. The first-order valence-corrected chi connectivity index (χ1v) is 6.46. The van der Waals surface area contributed by atoms with Crippen LogP contribution in [0.1, 0.15) is 12.8 Å². The summed E-state index contributed by atoms with van der Waals surface area (Å²) in [6.45, 7) is 0. The highest BCUT2D eigenvalue weighted by atomic mass is 79.9. The predicted octanol–water partition coefficient (Wildman–Crippen LogP) is 3.48. The molecule has 0 radical (unpaired) electrons. The Labute approximate surface area is 108 Å². The Bertz CT molecular complexity index is 520. The third kappa shape index (κ3) is 2.47. The van der Waals surface area contributed by atoms with Crippen LogP contribution in [0.5, 0.6) is 0 Å². The van der Waals surface area contributed by atoms with E-state index in [1.807, 2.05) is 30.6 Å². The van der Waals surface area contributed by atoms with Gasteiger partial charge in [-0.1, -0.05) is 34.1 Å². The van der Waals surface area contributed by atoms with Crippen LogP contribution >= 0.6 is 15.9 Å². The first kappa shape index (κ1) is 10.7. The van der Waals surface area contributed by atoms with Crippen LogP contribution in [0.3, 0.4) is 0 Å². The lowest BCUT2D eigenvalue weighted by atomic mass is 10.1. The van der Waals surface area contributed by atoms with Crippen molar-refractivity contribution in [3.63, 3.8) is 0 Å². The number of hydrogen-bond acceptors (Lipinski definition) is 3. The van der Waals surface area contributed by atoms with Crippen LogP contribution in [-0.2, 0) is 0 Å². The van der Waals surface area contributed by atoms with Gasteiger partial charge in [0.2, 0.25) is 5.95 Å². The molecule has 1 aromatic carbocycles. The van der Waals surface area contributed by atoms with Crippen molar-refractivity contribution < 1.29 is 0 Å². The van der Waals surface area contributed by atoms with Crippen molar-refractivity contribution in [2.75, 3.05) is 5.32 Å². The molecule has 1 heterocycles. The van der Waals surface area contributed by atoms with Gasteiger partial charge in [-0.3, -0.25) is 0 Å². The molecule has 1 aromatic heterocycles. The van der Waals surface area contributed by atoms with Crippen LogP contribution in [0.4, 0.5) is 5.95 Å². The molecule has 0 atom stereocenters.